The summed E-state index contributed by atoms with van der Waals surface area (Å²) in [7, 11) is 1.89. The van der Waals surface area contributed by atoms with E-state index in [-0.39, 0.29) is 0 Å². The van der Waals surface area contributed by atoms with Gasteiger partial charge in [-0.05, 0) is 11.6 Å². The van der Waals surface area contributed by atoms with E-state index < -0.39 is 0 Å². The second kappa shape index (κ2) is 3.01. The molecule has 10 heavy (non-hydrogen) atoms. The summed E-state index contributed by atoms with van der Waals surface area (Å²) < 4.78 is 1.77. The van der Waals surface area contributed by atoms with Gasteiger partial charge in [0.1, 0.15) is 0 Å². The first-order chi connectivity index (χ1) is 4.74. The molecule has 1 heterocycles. The predicted molar refractivity (Wildman–Crippen MR) is 46.0 cm³/mol. The van der Waals surface area contributed by atoms with E-state index in [2.05, 4.69) is 27.6 Å². The SMILES string of the molecule is C=C(CBr)c1ccn(C)n1. The first-order valence-corrected chi connectivity index (χ1v) is 4.10. The standard InChI is InChI=1S/C7H9BrN2/c1-6(5-8)7-3-4-10(2)9-7/h3-4H,1,5H2,2H3. The van der Waals surface area contributed by atoms with Gasteiger partial charge < -0.3 is 0 Å². The Morgan fingerprint density at radius 2 is 2.60 bits per heavy atom. The molecule has 0 saturated carbocycles. The third kappa shape index (κ3) is 1.48. The topological polar surface area (TPSA) is 17.8 Å². The van der Waals surface area contributed by atoms with Crippen molar-refractivity contribution in [1.82, 2.24) is 9.78 Å². The molecule has 0 aromatic carbocycles. The lowest BCUT2D eigenvalue weighted by Gasteiger charge is -1.92. The van der Waals surface area contributed by atoms with Gasteiger partial charge in [-0.1, -0.05) is 22.5 Å². The molecule has 0 bridgehead atoms. The smallest absolute Gasteiger partial charge is 0.0885 e. The van der Waals surface area contributed by atoms with Crippen LogP contribution in [0.5, 0.6) is 0 Å². The number of hydrogen-bond donors (Lipinski definition) is 0. The summed E-state index contributed by atoms with van der Waals surface area (Å²) in [4.78, 5) is 0. The molecule has 0 fully saturated rings. The fraction of sp³-hybridized carbons (Fsp3) is 0.286. The number of aromatic nitrogens is 2. The molecule has 2 nitrogen and oxygen atoms in total. The summed E-state index contributed by atoms with van der Waals surface area (Å²) >= 11 is 3.31. The maximum Gasteiger partial charge on any atom is 0.0885 e. The second-order valence-electron chi connectivity index (χ2n) is 2.11. The van der Waals surface area contributed by atoms with Crippen LogP contribution in [0.2, 0.25) is 0 Å². The first-order valence-electron chi connectivity index (χ1n) is 2.98. The van der Waals surface area contributed by atoms with Crippen LogP contribution in [0, 0.1) is 0 Å². The lowest BCUT2D eigenvalue weighted by Crippen LogP contribution is -1.90. The van der Waals surface area contributed by atoms with Crippen LogP contribution in [0.4, 0.5) is 0 Å². The Kier molecular flexibility index (Phi) is 2.27. The van der Waals surface area contributed by atoms with Gasteiger partial charge in [0, 0.05) is 18.6 Å². The number of rotatable bonds is 2. The molecule has 3 heteroatoms. The van der Waals surface area contributed by atoms with Crippen LogP contribution in [-0.4, -0.2) is 15.1 Å². The van der Waals surface area contributed by atoms with Crippen molar-refractivity contribution in [3.05, 3.63) is 24.5 Å². The van der Waals surface area contributed by atoms with Crippen molar-refractivity contribution < 1.29 is 0 Å². The van der Waals surface area contributed by atoms with Crippen LogP contribution in [0.15, 0.2) is 18.8 Å². The quantitative estimate of drug-likeness (QED) is 0.667. The molecule has 0 atom stereocenters. The highest BCUT2D eigenvalue weighted by atomic mass is 79.9. The van der Waals surface area contributed by atoms with Crippen molar-refractivity contribution >= 4 is 21.5 Å². The van der Waals surface area contributed by atoms with E-state index in [1.807, 2.05) is 19.3 Å². The number of hydrogen-bond acceptors (Lipinski definition) is 1. The summed E-state index contributed by atoms with van der Waals surface area (Å²) in [5.41, 5.74) is 1.97. The van der Waals surface area contributed by atoms with E-state index in [1.165, 1.54) is 0 Å². The fourth-order valence-corrected chi connectivity index (χ4v) is 0.959. The summed E-state index contributed by atoms with van der Waals surface area (Å²) in [5, 5.41) is 4.95. The molecule has 0 radical (unpaired) electrons. The van der Waals surface area contributed by atoms with Crippen LogP contribution < -0.4 is 0 Å². The Bertz CT molecular complexity index is 240. The van der Waals surface area contributed by atoms with E-state index in [1.54, 1.807) is 4.68 Å². The molecule has 54 valence electrons. The second-order valence-corrected chi connectivity index (χ2v) is 2.67. The van der Waals surface area contributed by atoms with Gasteiger partial charge in [0.15, 0.2) is 0 Å². The molecule has 0 unspecified atom stereocenters. The monoisotopic (exact) mass is 200 g/mol. The summed E-state index contributed by atoms with van der Waals surface area (Å²) in [6.45, 7) is 3.83. The molecule has 0 amide bonds. The minimum Gasteiger partial charge on any atom is -0.275 e. The van der Waals surface area contributed by atoms with Gasteiger partial charge in [0.05, 0.1) is 5.69 Å². The Morgan fingerprint density at radius 1 is 1.90 bits per heavy atom. The van der Waals surface area contributed by atoms with Gasteiger partial charge >= 0.3 is 0 Å². The average Bonchev–Trinajstić information content (AvgIpc) is 2.34. The zero-order valence-electron chi connectivity index (χ0n) is 5.84. The maximum atomic E-state index is 4.17. The van der Waals surface area contributed by atoms with E-state index >= 15 is 0 Å². The molecular weight excluding hydrogens is 192 g/mol. The largest absolute Gasteiger partial charge is 0.275 e. The van der Waals surface area contributed by atoms with E-state index in [9.17, 15) is 0 Å². The van der Waals surface area contributed by atoms with E-state index in [0.29, 0.717) is 0 Å². The number of nitrogens with zero attached hydrogens (tertiary/aromatic N) is 2. The Hall–Kier alpha value is -0.570. The number of allylic oxidation sites excluding steroid dienone is 1. The van der Waals surface area contributed by atoms with Gasteiger partial charge in [0.25, 0.3) is 0 Å². The average molecular weight is 201 g/mol. The Balaban J connectivity index is 2.85. The molecule has 0 aliphatic carbocycles. The summed E-state index contributed by atoms with van der Waals surface area (Å²) in [6, 6.07) is 1.95. The van der Waals surface area contributed by atoms with Crippen LogP contribution in [0.3, 0.4) is 0 Å². The van der Waals surface area contributed by atoms with Crippen molar-refractivity contribution in [2.24, 2.45) is 7.05 Å². The molecule has 1 aromatic heterocycles. The third-order valence-corrected chi connectivity index (χ3v) is 1.91. The molecule has 0 spiro atoms. The molecule has 0 aliphatic rings. The van der Waals surface area contributed by atoms with Crippen molar-refractivity contribution in [1.29, 1.82) is 0 Å². The molecule has 0 N–H and O–H groups in total. The number of alkyl halides is 1. The zero-order chi connectivity index (χ0) is 7.56. The minimum absolute atomic E-state index is 0.782. The van der Waals surface area contributed by atoms with Gasteiger partial charge in [-0.25, -0.2) is 0 Å². The maximum absolute atomic E-state index is 4.17. The summed E-state index contributed by atoms with van der Waals surface area (Å²) in [5.74, 6) is 0. The normalized spacial score (nSPS) is 9.80. The van der Waals surface area contributed by atoms with Crippen LogP contribution in [0.25, 0.3) is 5.57 Å². The highest BCUT2D eigenvalue weighted by Crippen LogP contribution is 2.10. The molecular formula is C7H9BrN2. The van der Waals surface area contributed by atoms with Crippen LogP contribution in [-0.2, 0) is 7.05 Å². The molecule has 1 aromatic rings. The zero-order valence-corrected chi connectivity index (χ0v) is 7.43. The lowest BCUT2D eigenvalue weighted by atomic mass is 10.2. The highest BCUT2D eigenvalue weighted by molar-refractivity contribution is 9.09. The highest BCUT2D eigenvalue weighted by Gasteiger charge is 1.98. The van der Waals surface area contributed by atoms with E-state index in [0.717, 1.165) is 16.6 Å². The van der Waals surface area contributed by atoms with Gasteiger partial charge in [-0.2, -0.15) is 5.10 Å². The van der Waals surface area contributed by atoms with Crippen molar-refractivity contribution in [2.45, 2.75) is 0 Å². The molecule has 0 saturated heterocycles. The van der Waals surface area contributed by atoms with Gasteiger partial charge in [0.2, 0.25) is 0 Å². The van der Waals surface area contributed by atoms with Crippen LogP contribution in [0.1, 0.15) is 5.69 Å². The fourth-order valence-electron chi connectivity index (χ4n) is 0.672. The minimum atomic E-state index is 0.782. The van der Waals surface area contributed by atoms with Crippen molar-refractivity contribution in [3.63, 3.8) is 0 Å². The third-order valence-electron chi connectivity index (χ3n) is 1.24. The van der Waals surface area contributed by atoms with Crippen molar-refractivity contribution in [2.75, 3.05) is 5.33 Å². The number of halogens is 1. The van der Waals surface area contributed by atoms with Gasteiger partial charge in [-0.15, -0.1) is 0 Å². The number of aryl methyl sites for hydroxylation is 1. The predicted octanol–water partition coefficient (Wildman–Crippen LogP) is 1.83. The van der Waals surface area contributed by atoms with E-state index in [4.69, 9.17) is 0 Å². The molecule has 0 aliphatic heterocycles. The van der Waals surface area contributed by atoms with Crippen LogP contribution >= 0.6 is 15.9 Å². The Labute approximate surface area is 68.7 Å². The summed E-state index contributed by atoms with van der Waals surface area (Å²) in [6.07, 6.45) is 1.91. The lowest BCUT2D eigenvalue weighted by molar-refractivity contribution is 0.763. The first kappa shape index (κ1) is 7.54. The van der Waals surface area contributed by atoms with Gasteiger partial charge in [-0.3, -0.25) is 4.68 Å². The van der Waals surface area contributed by atoms with Crippen molar-refractivity contribution in [3.8, 4) is 0 Å². The molecule has 1 rings (SSSR count). The Morgan fingerprint density at radius 3 is 3.00 bits per heavy atom.